The number of aliphatic carboxylic acids is 2. The van der Waals surface area contributed by atoms with Gasteiger partial charge in [0.1, 0.15) is 5.25 Å². The number of carbonyl (C=O) groups is 2. The van der Waals surface area contributed by atoms with Crippen molar-refractivity contribution in [2.24, 2.45) is 0 Å². The van der Waals surface area contributed by atoms with Gasteiger partial charge in [-0.1, -0.05) is 90.4 Å². The van der Waals surface area contributed by atoms with E-state index in [1.807, 2.05) is 0 Å². The molecular formula is C20H38Na2O8S. The largest absolute Gasteiger partial charge is 1.00 e. The molecule has 2 N–H and O–H groups in total. The van der Waals surface area contributed by atoms with E-state index in [-0.39, 0.29) is 59.1 Å². The van der Waals surface area contributed by atoms with Crippen molar-refractivity contribution < 1.29 is 97.0 Å². The van der Waals surface area contributed by atoms with Crippen LogP contribution in [0.3, 0.4) is 0 Å². The molecule has 0 fully saturated rings. The minimum Gasteiger partial charge on any atom is -0.550 e. The van der Waals surface area contributed by atoms with Gasteiger partial charge in [-0.15, -0.1) is 0 Å². The first-order chi connectivity index (χ1) is 13.7. The molecule has 0 spiro atoms. The van der Waals surface area contributed by atoms with Crippen LogP contribution in [0.4, 0.5) is 0 Å². The predicted octanol–water partition coefficient (Wildman–Crippen LogP) is -4.40. The zero-order chi connectivity index (χ0) is 22.5. The summed E-state index contributed by atoms with van der Waals surface area (Å²) in [5.74, 6) is -4.08. The Kier molecular flexibility index (Phi) is 34.1. The third-order valence-electron chi connectivity index (χ3n) is 4.49. The van der Waals surface area contributed by atoms with Crippen molar-refractivity contribution in [3.8, 4) is 0 Å². The predicted molar refractivity (Wildman–Crippen MR) is 107 cm³/mol. The van der Waals surface area contributed by atoms with E-state index in [4.69, 9.17) is 9.66 Å². The van der Waals surface area contributed by atoms with Gasteiger partial charge in [0, 0.05) is 19.0 Å². The topological polar surface area (TPSA) is 155 Å². The van der Waals surface area contributed by atoms with E-state index in [1.54, 1.807) is 0 Å². The summed E-state index contributed by atoms with van der Waals surface area (Å²) >= 11 is 0. The summed E-state index contributed by atoms with van der Waals surface area (Å²) in [5.41, 5.74) is 0. The zero-order valence-electron chi connectivity index (χ0n) is 19.6. The number of hydrogen-bond acceptors (Lipinski definition) is 7. The van der Waals surface area contributed by atoms with Crippen molar-refractivity contribution in [1.82, 2.24) is 0 Å². The number of rotatable bonds is 18. The number of carbonyl (C=O) groups excluding carboxylic acids is 2. The fourth-order valence-corrected chi connectivity index (χ4v) is 3.36. The standard InChI is InChI=1S/C16H34O.C4H6O7S.2Na/c1-2-3-4-5-6-7-8-9-10-11-12-13-14-15-16-17;5-3(6)1-2(4(7)8)12(9,10)11;;/h17H,2-16H2,1H3;2H,1H2,(H,5,6)(H,7,8)(H,9,10,11);;/q;;2*+1/p-2. The van der Waals surface area contributed by atoms with E-state index in [2.05, 4.69) is 6.92 Å². The molecule has 1 atom stereocenters. The average molecular weight is 485 g/mol. The number of aliphatic hydroxyl groups excluding tert-OH is 1. The number of unbranched alkanes of at least 4 members (excludes halogenated alkanes) is 13. The van der Waals surface area contributed by atoms with Gasteiger partial charge in [0.15, 0.2) is 0 Å². The van der Waals surface area contributed by atoms with Crippen LogP contribution in [0.1, 0.15) is 103 Å². The Labute approximate surface area is 232 Å². The van der Waals surface area contributed by atoms with Gasteiger partial charge in [0.2, 0.25) is 0 Å². The Hall–Kier alpha value is 0.810. The summed E-state index contributed by atoms with van der Waals surface area (Å²) in [6, 6.07) is 0. The van der Waals surface area contributed by atoms with Gasteiger partial charge < -0.3 is 24.9 Å². The van der Waals surface area contributed by atoms with Crippen molar-refractivity contribution >= 4 is 22.1 Å². The second-order valence-electron chi connectivity index (χ2n) is 7.22. The van der Waals surface area contributed by atoms with Crippen LogP contribution in [0.25, 0.3) is 0 Å². The minimum atomic E-state index is -4.94. The Balaban J connectivity index is -0.000000232. The maximum absolute atomic E-state index is 10.2. The van der Waals surface area contributed by atoms with Gasteiger partial charge in [-0.25, -0.2) is 0 Å². The molecule has 0 aliphatic rings. The van der Waals surface area contributed by atoms with Crippen LogP contribution in [0, 0.1) is 0 Å². The second kappa shape index (κ2) is 27.1. The molecule has 0 aromatic carbocycles. The summed E-state index contributed by atoms with van der Waals surface area (Å²) in [7, 11) is -4.94. The summed E-state index contributed by atoms with van der Waals surface area (Å²) in [4.78, 5) is 19.7. The van der Waals surface area contributed by atoms with E-state index < -0.39 is 33.7 Å². The van der Waals surface area contributed by atoms with Crippen molar-refractivity contribution in [3.05, 3.63) is 0 Å². The number of hydrogen-bond donors (Lipinski definition) is 2. The van der Waals surface area contributed by atoms with E-state index in [1.165, 1.54) is 83.5 Å². The van der Waals surface area contributed by atoms with Gasteiger partial charge in [0.25, 0.3) is 10.1 Å². The number of carboxylic acids is 2. The SMILES string of the molecule is CCCCCCCCCCCCCCCCO.O=C([O-])CC(C(=O)[O-])S(=O)(=O)O.[Na+].[Na+]. The molecule has 0 amide bonds. The van der Waals surface area contributed by atoms with Crippen LogP contribution in [0.5, 0.6) is 0 Å². The molecule has 0 aliphatic heterocycles. The molecular weight excluding hydrogens is 446 g/mol. The molecule has 1 unspecified atom stereocenters. The van der Waals surface area contributed by atoms with Crippen LogP contribution < -0.4 is 69.3 Å². The molecule has 8 nitrogen and oxygen atoms in total. The molecule has 0 saturated heterocycles. The van der Waals surface area contributed by atoms with Crippen LogP contribution in [-0.4, -0.2) is 41.9 Å². The van der Waals surface area contributed by atoms with Crippen LogP contribution in [0.2, 0.25) is 0 Å². The third kappa shape index (κ3) is 30.8. The Morgan fingerprint density at radius 2 is 1.06 bits per heavy atom. The molecule has 0 bridgehead atoms. The maximum atomic E-state index is 10.2. The smallest absolute Gasteiger partial charge is 0.550 e. The summed E-state index contributed by atoms with van der Waals surface area (Å²) < 4.78 is 28.5. The summed E-state index contributed by atoms with van der Waals surface area (Å²) in [6.45, 7) is 2.65. The van der Waals surface area contributed by atoms with Crippen LogP contribution in [0.15, 0.2) is 0 Å². The summed E-state index contributed by atoms with van der Waals surface area (Å²) in [5, 5.41) is 25.9. The molecule has 0 saturated carbocycles. The molecule has 0 aliphatic carbocycles. The first-order valence-electron chi connectivity index (χ1n) is 10.6. The number of carboxylic acid groups (broad SMARTS) is 2. The Morgan fingerprint density at radius 3 is 1.26 bits per heavy atom. The molecule has 0 aromatic heterocycles. The van der Waals surface area contributed by atoms with Gasteiger partial charge in [-0.2, -0.15) is 8.42 Å². The quantitative estimate of drug-likeness (QED) is 0.112. The monoisotopic (exact) mass is 484 g/mol. The first kappa shape index (κ1) is 39.0. The molecule has 0 aromatic rings. The fraction of sp³-hybridized carbons (Fsp3) is 0.900. The van der Waals surface area contributed by atoms with Gasteiger partial charge in [0.05, 0.1) is 5.97 Å². The van der Waals surface area contributed by atoms with Crippen molar-refractivity contribution in [2.75, 3.05) is 6.61 Å². The van der Waals surface area contributed by atoms with Crippen LogP contribution >= 0.6 is 0 Å². The summed E-state index contributed by atoms with van der Waals surface area (Å²) in [6.07, 6.45) is 17.9. The first-order valence-corrected chi connectivity index (χ1v) is 12.1. The Morgan fingerprint density at radius 1 is 0.742 bits per heavy atom. The Bertz CT molecular complexity index is 501. The molecule has 0 radical (unpaired) electrons. The fourth-order valence-electron chi connectivity index (χ4n) is 2.77. The maximum Gasteiger partial charge on any atom is 1.00 e. The second-order valence-corrected chi connectivity index (χ2v) is 8.82. The van der Waals surface area contributed by atoms with Gasteiger partial charge >= 0.3 is 59.1 Å². The van der Waals surface area contributed by atoms with Crippen molar-refractivity contribution in [3.63, 3.8) is 0 Å². The van der Waals surface area contributed by atoms with E-state index in [9.17, 15) is 28.2 Å². The zero-order valence-corrected chi connectivity index (χ0v) is 24.5. The van der Waals surface area contributed by atoms with Crippen molar-refractivity contribution in [2.45, 2.75) is 108 Å². The van der Waals surface area contributed by atoms with E-state index >= 15 is 0 Å². The van der Waals surface area contributed by atoms with E-state index in [0.717, 1.165) is 6.42 Å². The van der Waals surface area contributed by atoms with Crippen LogP contribution in [-0.2, 0) is 19.7 Å². The molecule has 0 rings (SSSR count). The number of aliphatic hydroxyl groups is 1. The molecule has 174 valence electrons. The molecule has 11 heteroatoms. The normalized spacial score (nSPS) is 11.3. The van der Waals surface area contributed by atoms with Gasteiger partial charge in [-0.3, -0.25) is 4.55 Å². The average Bonchev–Trinajstić information content (AvgIpc) is 2.63. The minimum absolute atomic E-state index is 0. The third-order valence-corrected chi connectivity index (χ3v) is 5.56. The van der Waals surface area contributed by atoms with Crippen molar-refractivity contribution in [1.29, 1.82) is 0 Å². The van der Waals surface area contributed by atoms with Gasteiger partial charge in [-0.05, 0) is 6.42 Å². The van der Waals surface area contributed by atoms with E-state index in [0.29, 0.717) is 6.61 Å². The molecule has 0 heterocycles. The molecule has 31 heavy (non-hydrogen) atoms.